The summed E-state index contributed by atoms with van der Waals surface area (Å²) in [5, 5.41) is 19.3. The van der Waals surface area contributed by atoms with E-state index >= 15 is 0 Å². The van der Waals surface area contributed by atoms with Gasteiger partial charge in [0.05, 0.1) is 19.4 Å². The summed E-state index contributed by atoms with van der Waals surface area (Å²) in [6, 6.07) is 1.48. The van der Waals surface area contributed by atoms with Crippen LogP contribution >= 0.6 is 0 Å². The van der Waals surface area contributed by atoms with Crippen LogP contribution in [-0.2, 0) is 11.8 Å². The molecule has 0 fully saturated rings. The first-order valence-corrected chi connectivity index (χ1v) is 6.78. The molecule has 124 valence electrons. The Morgan fingerprint density at radius 1 is 1.26 bits per heavy atom. The number of nitrogens with zero attached hydrogens (tertiary/aromatic N) is 2. The molecule has 2 aromatic rings. The highest BCUT2D eigenvalue weighted by Crippen LogP contribution is 2.29. The van der Waals surface area contributed by atoms with Gasteiger partial charge >= 0.3 is 11.8 Å². The van der Waals surface area contributed by atoms with Gasteiger partial charge in [-0.2, -0.15) is 0 Å². The molecule has 1 aromatic carbocycles. The molecule has 2 N–H and O–H groups in total. The van der Waals surface area contributed by atoms with E-state index in [1.54, 1.807) is 20.9 Å². The van der Waals surface area contributed by atoms with Crippen molar-refractivity contribution < 1.29 is 32.8 Å². The standard InChI is InChI=1S/C15H15F3N2O3/c1-7-8(2)20(23)15(19(7)3)10(6-13(21)22)9-4-11(16)14(18)12(17)5-9/h4-5,10H,6H2,1-3H3,(H-,21,22,23)/p+1/t10-/m0/s1. The smallest absolute Gasteiger partial charge is 0.304 e. The zero-order valence-electron chi connectivity index (χ0n) is 12.8. The van der Waals surface area contributed by atoms with Gasteiger partial charge in [0.1, 0.15) is 5.69 Å². The van der Waals surface area contributed by atoms with Crippen molar-refractivity contribution in [2.75, 3.05) is 0 Å². The average Bonchev–Trinajstić information content (AvgIpc) is 2.66. The fourth-order valence-corrected chi connectivity index (χ4v) is 2.57. The molecular formula is C15H16F3N2O3+. The van der Waals surface area contributed by atoms with Gasteiger partial charge in [0, 0.05) is 13.8 Å². The molecule has 0 aliphatic rings. The summed E-state index contributed by atoms with van der Waals surface area (Å²) in [5.74, 6) is -6.60. The van der Waals surface area contributed by atoms with Crippen LogP contribution in [0, 0.1) is 31.3 Å². The topological polar surface area (TPSA) is 66.3 Å². The number of aliphatic carboxylic acids is 1. The van der Waals surface area contributed by atoms with Crippen LogP contribution < -0.4 is 4.57 Å². The summed E-state index contributed by atoms with van der Waals surface area (Å²) in [7, 11) is 1.59. The molecule has 1 heterocycles. The average molecular weight is 329 g/mol. The number of carbonyl (C=O) groups is 1. The number of hydrogen-bond donors (Lipinski definition) is 2. The molecule has 0 unspecified atom stereocenters. The van der Waals surface area contributed by atoms with Crippen molar-refractivity contribution in [1.29, 1.82) is 0 Å². The van der Waals surface area contributed by atoms with Crippen LogP contribution in [-0.4, -0.2) is 21.0 Å². The van der Waals surface area contributed by atoms with Crippen molar-refractivity contribution in [2.45, 2.75) is 26.2 Å². The number of carboxylic acid groups (broad SMARTS) is 1. The summed E-state index contributed by atoms with van der Waals surface area (Å²) in [6.07, 6.45) is -0.526. The van der Waals surface area contributed by atoms with Gasteiger partial charge in [0.25, 0.3) is 0 Å². The molecule has 0 aliphatic carbocycles. The fourth-order valence-electron chi connectivity index (χ4n) is 2.57. The molecule has 0 amide bonds. The predicted molar refractivity (Wildman–Crippen MR) is 72.7 cm³/mol. The lowest BCUT2D eigenvalue weighted by Gasteiger charge is -2.13. The van der Waals surface area contributed by atoms with Gasteiger partial charge in [-0.15, -0.1) is 0 Å². The third-order valence-corrected chi connectivity index (χ3v) is 4.00. The molecule has 2 rings (SSSR count). The first kappa shape index (κ1) is 16.9. The monoisotopic (exact) mass is 329 g/mol. The minimum Gasteiger partial charge on any atom is -0.481 e. The molecule has 5 nitrogen and oxygen atoms in total. The SMILES string of the molecule is Cc1c(C)[n+](C)c([C@@H](CC(=O)O)c2cc(F)c(F)c(F)c2)n1O. The van der Waals surface area contributed by atoms with Gasteiger partial charge in [-0.05, 0) is 22.4 Å². The van der Waals surface area contributed by atoms with Gasteiger partial charge < -0.3 is 10.3 Å². The zero-order chi connectivity index (χ0) is 17.5. The highest BCUT2D eigenvalue weighted by Gasteiger charge is 2.35. The number of halogens is 3. The molecular weight excluding hydrogens is 313 g/mol. The van der Waals surface area contributed by atoms with E-state index in [1.165, 1.54) is 4.57 Å². The van der Waals surface area contributed by atoms with Crippen LogP contribution in [0.15, 0.2) is 12.1 Å². The minimum atomic E-state index is -1.63. The Bertz CT molecular complexity index is 738. The van der Waals surface area contributed by atoms with E-state index < -0.39 is 35.8 Å². The van der Waals surface area contributed by atoms with Crippen molar-refractivity contribution in [2.24, 2.45) is 7.05 Å². The predicted octanol–water partition coefficient (Wildman–Crippen LogP) is 2.19. The maximum Gasteiger partial charge on any atom is 0.304 e. The number of aromatic nitrogens is 2. The van der Waals surface area contributed by atoms with E-state index in [4.69, 9.17) is 5.11 Å². The third kappa shape index (κ3) is 2.88. The van der Waals surface area contributed by atoms with Gasteiger partial charge in [-0.25, -0.2) is 17.7 Å². The Hall–Kier alpha value is -2.51. The molecule has 23 heavy (non-hydrogen) atoms. The van der Waals surface area contributed by atoms with Crippen molar-refractivity contribution in [3.63, 3.8) is 0 Å². The number of hydrogen-bond acceptors (Lipinski definition) is 2. The van der Waals surface area contributed by atoms with Crippen molar-refractivity contribution in [3.05, 3.63) is 52.4 Å². The van der Waals surface area contributed by atoms with E-state index in [9.17, 15) is 23.2 Å². The fraction of sp³-hybridized carbons (Fsp3) is 0.333. The highest BCUT2D eigenvalue weighted by atomic mass is 19.2. The van der Waals surface area contributed by atoms with Gasteiger partial charge in [-0.3, -0.25) is 4.79 Å². The molecule has 0 spiro atoms. The zero-order valence-corrected chi connectivity index (χ0v) is 12.8. The summed E-state index contributed by atoms with van der Waals surface area (Å²) < 4.78 is 42.5. The summed E-state index contributed by atoms with van der Waals surface area (Å²) in [5.41, 5.74) is 1.04. The Labute approximate surface area is 130 Å². The molecule has 0 bridgehead atoms. The molecule has 0 saturated heterocycles. The van der Waals surface area contributed by atoms with Crippen LogP contribution in [0.25, 0.3) is 0 Å². The maximum absolute atomic E-state index is 13.5. The van der Waals surface area contributed by atoms with E-state index in [1.807, 2.05) is 0 Å². The van der Waals surface area contributed by atoms with Crippen LogP contribution in [0.1, 0.15) is 35.1 Å². The molecule has 1 atom stereocenters. The summed E-state index contributed by atoms with van der Waals surface area (Å²) in [6.45, 7) is 3.32. The second-order valence-electron chi connectivity index (χ2n) is 5.35. The van der Waals surface area contributed by atoms with E-state index in [0.717, 1.165) is 16.9 Å². The van der Waals surface area contributed by atoms with Gasteiger partial charge in [0.2, 0.25) is 0 Å². The van der Waals surface area contributed by atoms with E-state index in [0.29, 0.717) is 11.4 Å². The molecule has 0 radical (unpaired) electrons. The Balaban J connectivity index is 2.69. The van der Waals surface area contributed by atoms with E-state index in [-0.39, 0.29) is 11.4 Å². The lowest BCUT2D eigenvalue weighted by atomic mass is 9.94. The molecule has 0 saturated carbocycles. The van der Waals surface area contributed by atoms with Crippen LogP contribution in [0.5, 0.6) is 0 Å². The quantitative estimate of drug-likeness (QED) is 0.513. The van der Waals surface area contributed by atoms with Crippen molar-refractivity contribution >= 4 is 5.97 Å². The summed E-state index contributed by atoms with van der Waals surface area (Å²) >= 11 is 0. The Morgan fingerprint density at radius 2 is 1.78 bits per heavy atom. The number of imidazole rings is 1. The van der Waals surface area contributed by atoms with Crippen LogP contribution in [0.4, 0.5) is 13.2 Å². The Morgan fingerprint density at radius 3 is 2.17 bits per heavy atom. The van der Waals surface area contributed by atoms with E-state index in [2.05, 4.69) is 0 Å². The minimum absolute atomic E-state index is 0.0767. The maximum atomic E-state index is 13.5. The normalized spacial score (nSPS) is 12.4. The highest BCUT2D eigenvalue weighted by molar-refractivity contribution is 5.68. The number of benzene rings is 1. The number of rotatable bonds is 4. The lowest BCUT2D eigenvalue weighted by molar-refractivity contribution is -0.686. The van der Waals surface area contributed by atoms with Crippen molar-refractivity contribution in [3.8, 4) is 0 Å². The first-order valence-electron chi connectivity index (χ1n) is 6.78. The second kappa shape index (κ2) is 5.94. The lowest BCUT2D eigenvalue weighted by Crippen LogP contribution is -2.37. The largest absolute Gasteiger partial charge is 0.481 e. The van der Waals surface area contributed by atoms with Crippen LogP contribution in [0.3, 0.4) is 0 Å². The molecule has 0 aliphatic heterocycles. The Kier molecular flexibility index (Phi) is 4.35. The van der Waals surface area contributed by atoms with Crippen molar-refractivity contribution in [1.82, 2.24) is 4.73 Å². The third-order valence-electron chi connectivity index (χ3n) is 4.00. The first-order chi connectivity index (χ1) is 10.6. The second-order valence-corrected chi connectivity index (χ2v) is 5.35. The van der Waals surface area contributed by atoms with Gasteiger partial charge in [0.15, 0.2) is 23.1 Å². The van der Waals surface area contributed by atoms with Gasteiger partial charge in [-0.1, -0.05) is 0 Å². The molecule has 1 aromatic heterocycles. The molecule has 8 heteroatoms. The van der Waals surface area contributed by atoms with Crippen LogP contribution in [0.2, 0.25) is 0 Å². The summed E-state index contributed by atoms with van der Waals surface area (Å²) in [4.78, 5) is 11.1. The number of carboxylic acids is 1.